The number of nitrogens with two attached hydrogens (primary N) is 1. The van der Waals surface area contributed by atoms with E-state index in [1.54, 1.807) is 31.2 Å². The molecular weight excluding hydrogens is 252 g/mol. The van der Waals surface area contributed by atoms with E-state index < -0.39 is 15.9 Å². The summed E-state index contributed by atoms with van der Waals surface area (Å²) in [5.74, 6) is -0.714. The van der Waals surface area contributed by atoms with Gasteiger partial charge in [-0.2, -0.15) is 0 Å². The van der Waals surface area contributed by atoms with Gasteiger partial charge in [-0.3, -0.25) is 4.79 Å². The fraction of sp³-hybridized carbons (Fsp3) is 0.250. The van der Waals surface area contributed by atoms with Crippen LogP contribution in [0.3, 0.4) is 0 Å². The molecule has 0 aliphatic carbocycles. The molecule has 0 aliphatic rings. The Morgan fingerprint density at radius 2 is 1.94 bits per heavy atom. The maximum absolute atomic E-state index is 11.4. The lowest BCUT2D eigenvalue weighted by Crippen LogP contribution is -2.30. The molecule has 1 aromatic rings. The molecule has 6 heteroatoms. The van der Waals surface area contributed by atoms with Gasteiger partial charge < -0.3 is 5.73 Å². The van der Waals surface area contributed by atoms with Gasteiger partial charge in [0, 0.05) is 11.8 Å². The highest BCUT2D eigenvalue weighted by Gasteiger charge is 2.10. The lowest BCUT2D eigenvalue weighted by atomic mass is 10.2. The molecule has 0 spiro atoms. The number of carbonyl (C=O) groups is 1. The number of hydrogen-bond acceptors (Lipinski definition) is 4. The molecule has 0 heterocycles. The van der Waals surface area contributed by atoms with Gasteiger partial charge in [-0.05, 0) is 30.2 Å². The molecule has 5 nitrogen and oxygen atoms in total. The minimum atomic E-state index is -3.51. The molecule has 0 atom stereocenters. The molecule has 0 fully saturated rings. The molecule has 0 saturated heterocycles. The Hall–Kier alpha value is -1.82. The van der Waals surface area contributed by atoms with E-state index in [9.17, 15) is 13.2 Å². The number of rotatable bonds is 5. The molecule has 1 aromatic carbocycles. The summed E-state index contributed by atoms with van der Waals surface area (Å²) in [6.07, 6.45) is 3.17. The molecule has 0 bridgehead atoms. The van der Waals surface area contributed by atoms with Crippen LogP contribution in [0.5, 0.6) is 0 Å². The molecule has 98 valence electrons. The Balaban J connectivity index is 2.62. The standard InChI is InChI=1S/C12H16N2O3S/c1-2-9-18(16,17)14-12(15)8-5-10-3-6-11(13)7-4-10/h3-8H,2,9,13H2,1H3,(H,14,15)/b8-5+. The van der Waals surface area contributed by atoms with Crippen molar-refractivity contribution >= 4 is 27.7 Å². The Morgan fingerprint density at radius 1 is 1.33 bits per heavy atom. The normalized spacial score (nSPS) is 11.6. The Labute approximate surface area is 107 Å². The highest BCUT2D eigenvalue weighted by Crippen LogP contribution is 2.06. The summed E-state index contributed by atoms with van der Waals surface area (Å²) in [5.41, 5.74) is 6.91. The van der Waals surface area contributed by atoms with Crippen LogP contribution < -0.4 is 10.5 Å². The molecule has 1 rings (SSSR count). The number of anilines is 1. The molecule has 0 aromatic heterocycles. The minimum absolute atomic E-state index is 0.0611. The summed E-state index contributed by atoms with van der Waals surface area (Å²) in [6.45, 7) is 1.73. The third-order valence-corrected chi connectivity index (χ3v) is 3.55. The van der Waals surface area contributed by atoms with Crippen LogP contribution >= 0.6 is 0 Å². The van der Waals surface area contributed by atoms with E-state index in [-0.39, 0.29) is 5.75 Å². The summed E-state index contributed by atoms with van der Waals surface area (Å²) in [4.78, 5) is 11.4. The third kappa shape index (κ3) is 5.01. The van der Waals surface area contributed by atoms with E-state index in [1.807, 2.05) is 4.72 Å². The topological polar surface area (TPSA) is 89.3 Å². The molecular formula is C12H16N2O3S. The van der Waals surface area contributed by atoms with Crippen molar-refractivity contribution in [2.45, 2.75) is 13.3 Å². The van der Waals surface area contributed by atoms with E-state index >= 15 is 0 Å². The Morgan fingerprint density at radius 3 is 2.50 bits per heavy atom. The molecule has 1 amide bonds. The zero-order valence-corrected chi connectivity index (χ0v) is 10.9. The maximum atomic E-state index is 11.4. The molecule has 3 N–H and O–H groups in total. The second-order valence-corrected chi connectivity index (χ2v) is 5.63. The van der Waals surface area contributed by atoms with Gasteiger partial charge in [0.2, 0.25) is 10.0 Å². The first-order valence-electron chi connectivity index (χ1n) is 5.51. The van der Waals surface area contributed by atoms with Crippen molar-refractivity contribution in [3.05, 3.63) is 35.9 Å². The van der Waals surface area contributed by atoms with Crippen molar-refractivity contribution in [1.29, 1.82) is 0 Å². The highest BCUT2D eigenvalue weighted by atomic mass is 32.2. The smallest absolute Gasteiger partial charge is 0.257 e. The molecule has 0 aliphatic heterocycles. The van der Waals surface area contributed by atoms with Gasteiger partial charge in [0.05, 0.1) is 5.75 Å². The van der Waals surface area contributed by atoms with Gasteiger partial charge in [0.15, 0.2) is 0 Å². The van der Waals surface area contributed by atoms with Gasteiger partial charge in [0.1, 0.15) is 0 Å². The van der Waals surface area contributed by atoms with E-state index in [2.05, 4.69) is 0 Å². The van der Waals surface area contributed by atoms with Crippen molar-refractivity contribution in [3.63, 3.8) is 0 Å². The number of hydrogen-bond donors (Lipinski definition) is 2. The zero-order chi connectivity index (χ0) is 13.6. The minimum Gasteiger partial charge on any atom is -0.399 e. The monoisotopic (exact) mass is 268 g/mol. The predicted molar refractivity (Wildman–Crippen MR) is 72.1 cm³/mol. The highest BCUT2D eigenvalue weighted by molar-refractivity contribution is 7.90. The Bertz CT molecular complexity index is 533. The van der Waals surface area contributed by atoms with Gasteiger partial charge >= 0.3 is 0 Å². The van der Waals surface area contributed by atoms with Crippen LogP contribution in [0, 0.1) is 0 Å². The van der Waals surface area contributed by atoms with Crippen LogP contribution in [-0.2, 0) is 14.8 Å². The summed E-state index contributed by atoms with van der Waals surface area (Å²) in [7, 11) is -3.51. The largest absolute Gasteiger partial charge is 0.399 e. The van der Waals surface area contributed by atoms with Crippen LogP contribution in [0.25, 0.3) is 6.08 Å². The van der Waals surface area contributed by atoms with E-state index in [0.717, 1.165) is 5.56 Å². The Kier molecular flexibility index (Phi) is 4.91. The predicted octanol–water partition coefficient (Wildman–Crippen LogP) is 1.14. The quantitative estimate of drug-likeness (QED) is 0.619. The van der Waals surface area contributed by atoms with Crippen LogP contribution in [0.15, 0.2) is 30.3 Å². The molecule has 18 heavy (non-hydrogen) atoms. The number of amides is 1. The van der Waals surface area contributed by atoms with Crippen molar-refractivity contribution < 1.29 is 13.2 Å². The zero-order valence-electron chi connectivity index (χ0n) is 10.1. The van der Waals surface area contributed by atoms with Gasteiger partial charge in [-0.25, -0.2) is 13.1 Å². The van der Waals surface area contributed by atoms with Crippen LogP contribution in [0.4, 0.5) is 5.69 Å². The first-order valence-corrected chi connectivity index (χ1v) is 7.16. The van der Waals surface area contributed by atoms with Crippen molar-refractivity contribution in [1.82, 2.24) is 4.72 Å². The molecule has 0 saturated carbocycles. The number of sulfonamides is 1. The van der Waals surface area contributed by atoms with Crippen LogP contribution in [0.2, 0.25) is 0 Å². The molecule has 0 radical (unpaired) electrons. The first kappa shape index (κ1) is 14.2. The van der Waals surface area contributed by atoms with E-state index in [1.165, 1.54) is 12.2 Å². The van der Waals surface area contributed by atoms with Crippen molar-refractivity contribution in [3.8, 4) is 0 Å². The van der Waals surface area contributed by atoms with Crippen molar-refractivity contribution in [2.24, 2.45) is 0 Å². The number of nitrogens with one attached hydrogen (secondary N) is 1. The summed E-state index contributed by atoms with van der Waals surface area (Å²) in [5, 5.41) is 0. The van der Waals surface area contributed by atoms with Gasteiger partial charge in [0.25, 0.3) is 5.91 Å². The molecule has 0 unspecified atom stereocenters. The number of nitrogen functional groups attached to an aromatic ring is 1. The van der Waals surface area contributed by atoms with E-state index in [0.29, 0.717) is 12.1 Å². The average molecular weight is 268 g/mol. The number of carbonyl (C=O) groups excluding carboxylic acids is 1. The van der Waals surface area contributed by atoms with E-state index in [4.69, 9.17) is 5.73 Å². The number of benzene rings is 1. The average Bonchev–Trinajstić information content (AvgIpc) is 2.27. The summed E-state index contributed by atoms with van der Waals surface area (Å²) < 4.78 is 24.6. The lowest BCUT2D eigenvalue weighted by Gasteiger charge is -2.02. The van der Waals surface area contributed by atoms with Crippen LogP contribution in [0.1, 0.15) is 18.9 Å². The van der Waals surface area contributed by atoms with Crippen LogP contribution in [-0.4, -0.2) is 20.1 Å². The van der Waals surface area contributed by atoms with Gasteiger partial charge in [-0.15, -0.1) is 0 Å². The lowest BCUT2D eigenvalue weighted by molar-refractivity contribution is -0.114. The third-order valence-electron chi connectivity index (χ3n) is 2.09. The summed E-state index contributed by atoms with van der Waals surface area (Å²) in [6, 6.07) is 6.87. The fourth-order valence-electron chi connectivity index (χ4n) is 1.29. The fourth-order valence-corrected chi connectivity index (χ4v) is 2.30. The first-order chi connectivity index (χ1) is 8.43. The maximum Gasteiger partial charge on any atom is 0.257 e. The second kappa shape index (κ2) is 6.20. The second-order valence-electron chi connectivity index (χ2n) is 3.79. The van der Waals surface area contributed by atoms with Crippen molar-refractivity contribution in [2.75, 3.05) is 11.5 Å². The SMILES string of the molecule is CCCS(=O)(=O)NC(=O)/C=C/c1ccc(N)cc1. The summed E-state index contributed by atoms with van der Waals surface area (Å²) >= 11 is 0. The van der Waals surface area contributed by atoms with Gasteiger partial charge in [-0.1, -0.05) is 19.1 Å².